The lowest BCUT2D eigenvalue weighted by atomic mass is 10.1. The zero-order chi connectivity index (χ0) is 20.6. The smallest absolute Gasteiger partial charge is 0.337 e. The highest BCUT2D eigenvalue weighted by Gasteiger charge is 2.29. The lowest BCUT2D eigenvalue weighted by molar-refractivity contribution is -0.114. The summed E-state index contributed by atoms with van der Waals surface area (Å²) in [5.41, 5.74) is 3.12. The highest BCUT2D eigenvalue weighted by atomic mass is 79.9. The van der Waals surface area contributed by atoms with Crippen molar-refractivity contribution in [3.05, 3.63) is 62.6 Å². The number of hydrogen-bond acceptors (Lipinski definition) is 4. The molecular formula is C20H17BrClN3O3. The van der Waals surface area contributed by atoms with Crippen molar-refractivity contribution in [2.75, 3.05) is 24.0 Å². The van der Waals surface area contributed by atoms with Crippen LogP contribution in [0.2, 0.25) is 5.02 Å². The SMILES string of the molecule is CC1=NN(c2ccc(Cl)c(C(=O)O)c2)C(=O)C1=Cc1ccc(N(C)C)c(Br)c1. The van der Waals surface area contributed by atoms with Crippen LogP contribution in [0.25, 0.3) is 6.08 Å². The third-order valence-corrected chi connectivity index (χ3v) is 5.22. The number of carboxylic acid groups (broad SMARTS) is 1. The molecule has 1 heterocycles. The lowest BCUT2D eigenvalue weighted by Crippen LogP contribution is -2.21. The number of hydrogen-bond donors (Lipinski definition) is 1. The molecular weight excluding hydrogens is 446 g/mol. The molecule has 1 N–H and O–H groups in total. The van der Waals surface area contributed by atoms with Crippen LogP contribution in [0.15, 0.2) is 51.5 Å². The number of nitrogens with zero attached hydrogens (tertiary/aromatic N) is 3. The van der Waals surface area contributed by atoms with Gasteiger partial charge >= 0.3 is 5.97 Å². The van der Waals surface area contributed by atoms with Gasteiger partial charge in [-0.05, 0) is 64.8 Å². The van der Waals surface area contributed by atoms with E-state index in [9.17, 15) is 14.7 Å². The average Bonchev–Trinajstić information content (AvgIpc) is 2.90. The molecule has 1 aliphatic heterocycles. The molecule has 0 radical (unpaired) electrons. The quantitative estimate of drug-likeness (QED) is 0.670. The molecule has 0 saturated heterocycles. The van der Waals surface area contributed by atoms with Crippen molar-refractivity contribution in [2.24, 2.45) is 5.10 Å². The maximum Gasteiger partial charge on any atom is 0.337 e. The highest BCUT2D eigenvalue weighted by molar-refractivity contribution is 9.10. The summed E-state index contributed by atoms with van der Waals surface area (Å²) in [6, 6.07) is 10.1. The van der Waals surface area contributed by atoms with Gasteiger partial charge in [-0.3, -0.25) is 4.79 Å². The number of anilines is 2. The van der Waals surface area contributed by atoms with Crippen molar-refractivity contribution < 1.29 is 14.7 Å². The highest BCUT2D eigenvalue weighted by Crippen LogP contribution is 2.30. The molecule has 0 bridgehead atoms. The molecule has 0 spiro atoms. The van der Waals surface area contributed by atoms with Gasteiger partial charge in [0.15, 0.2) is 0 Å². The fourth-order valence-electron chi connectivity index (χ4n) is 2.81. The van der Waals surface area contributed by atoms with Gasteiger partial charge < -0.3 is 10.0 Å². The third kappa shape index (κ3) is 3.81. The van der Waals surface area contributed by atoms with Crippen molar-refractivity contribution in [3.63, 3.8) is 0 Å². The van der Waals surface area contributed by atoms with Crippen LogP contribution in [-0.2, 0) is 4.79 Å². The van der Waals surface area contributed by atoms with Crippen LogP contribution in [0.4, 0.5) is 11.4 Å². The molecule has 0 fully saturated rings. The van der Waals surface area contributed by atoms with Crippen molar-refractivity contribution in [1.29, 1.82) is 0 Å². The van der Waals surface area contributed by atoms with Gasteiger partial charge in [0.1, 0.15) is 0 Å². The van der Waals surface area contributed by atoms with E-state index in [1.165, 1.54) is 17.1 Å². The fourth-order valence-corrected chi connectivity index (χ4v) is 3.76. The van der Waals surface area contributed by atoms with Gasteiger partial charge in [0.2, 0.25) is 0 Å². The predicted octanol–water partition coefficient (Wildman–Crippen LogP) is 4.67. The molecule has 2 aromatic rings. The molecule has 0 aromatic heterocycles. The normalized spacial score (nSPS) is 15.2. The van der Waals surface area contributed by atoms with Crippen LogP contribution in [0.1, 0.15) is 22.8 Å². The van der Waals surface area contributed by atoms with E-state index in [2.05, 4.69) is 21.0 Å². The summed E-state index contributed by atoms with van der Waals surface area (Å²) in [7, 11) is 3.90. The molecule has 1 aliphatic rings. The van der Waals surface area contributed by atoms with Gasteiger partial charge in [-0.2, -0.15) is 10.1 Å². The van der Waals surface area contributed by atoms with Crippen LogP contribution in [0.5, 0.6) is 0 Å². The van der Waals surface area contributed by atoms with Crippen LogP contribution >= 0.6 is 27.5 Å². The van der Waals surface area contributed by atoms with E-state index in [1.807, 2.05) is 37.2 Å². The monoisotopic (exact) mass is 461 g/mol. The minimum atomic E-state index is -1.17. The molecule has 2 aromatic carbocycles. The van der Waals surface area contributed by atoms with E-state index < -0.39 is 5.97 Å². The number of hydrazone groups is 1. The van der Waals surface area contributed by atoms with Crippen LogP contribution in [-0.4, -0.2) is 36.8 Å². The Balaban J connectivity index is 1.95. The minimum Gasteiger partial charge on any atom is -0.478 e. The first kappa shape index (κ1) is 20.1. The molecule has 0 atom stereocenters. The summed E-state index contributed by atoms with van der Waals surface area (Å²) >= 11 is 9.45. The van der Waals surface area contributed by atoms with Crippen LogP contribution in [0, 0.1) is 0 Å². The maximum absolute atomic E-state index is 12.9. The van der Waals surface area contributed by atoms with E-state index >= 15 is 0 Å². The van der Waals surface area contributed by atoms with Crippen LogP contribution < -0.4 is 9.91 Å². The standard InChI is InChI=1S/C20H17BrClN3O3/c1-11-14(8-12-4-7-18(24(2)3)16(21)9-12)19(26)25(23-11)13-5-6-17(22)15(10-13)20(27)28/h4-10H,1-3H3,(H,27,28). The predicted molar refractivity (Wildman–Crippen MR) is 115 cm³/mol. The van der Waals surface area contributed by atoms with Crippen molar-refractivity contribution >= 4 is 62.6 Å². The first-order chi connectivity index (χ1) is 13.2. The number of halogens is 2. The third-order valence-electron chi connectivity index (χ3n) is 4.25. The van der Waals surface area contributed by atoms with Gasteiger partial charge in [0, 0.05) is 18.6 Å². The molecule has 6 nitrogen and oxygen atoms in total. The van der Waals surface area contributed by atoms with E-state index in [0.717, 1.165) is 15.7 Å². The zero-order valence-electron chi connectivity index (χ0n) is 15.4. The number of aromatic carboxylic acids is 1. The number of carboxylic acids is 1. The Morgan fingerprint density at radius 3 is 2.57 bits per heavy atom. The Bertz CT molecular complexity index is 1050. The maximum atomic E-state index is 12.9. The van der Waals surface area contributed by atoms with E-state index in [1.54, 1.807) is 19.1 Å². The fraction of sp³-hybridized carbons (Fsp3) is 0.150. The van der Waals surface area contributed by atoms with Gasteiger partial charge in [-0.15, -0.1) is 0 Å². The number of benzene rings is 2. The number of carbonyl (C=O) groups excluding carboxylic acids is 1. The minimum absolute atomic E-state index is 0.0829. The van der Waals surface area contributed by atoms with Gasteiger partial charge in [-0.1, -0.05) is 17.7 Å². The molecule has 0 unspecified atom stereocenters. The summed E-state index contributed by atoms with van der Waals surface area (Å²) < 4.78 is 0.910. The summed E-state index contributed by atoms with van der Waals surface area (Å²) in [5, 5.41) is 14.8. The van der Waals surface area contributed by atoms with E-state index in [-0.39, 0.29) is 16.5 Å². The topological polar surface area (TPSA) is 73.2 Å². The summed E-state index contributed by atoms with van der Waals surface area (Å²) in [4.78, 5) is 26.2. The molecule has 28 heavy (non-hydrogen) atoms. The lowest BCUT2D eigenvalue weighted by Gasteiger charge is -2.15. The molecule has 8 heteroatoms. The number of carbonyl (C=O) groups is 2. The summed E-state index contributed by atoms with van der Waals surface area (Å²) in [6.07, 6.45) is 1.76. The largest absolute Gasteiger partial charge is 0.478 e. The second kappa shape index (κ2) is 7.77. The Kier molecular flexibility index (Phi) is 5.58. The van der Waals surface area contributed by atoms with Crippen LogP contribution in [0.3, 0.4) is 0 Å². The van der Waals surface area contributed by atoms with Gasteiger partial charge in [0.05, 0.1) is 33.2 Å². The molecule has 1 amide bonds. The second-order valence-electron chi connectivity index (χ2n) is 6.43. The first-order valence-corrected chi connectivity index (χ1v) is 9.47. The molecule has 3 rings (SSSR count). The zero-order valence-corrected chi connectivity index (χ0v) is 17.7. The average molecular weight is 463 g/mol. The molecule has 0 saturated carbocycles. The van der Waals surface area contributed by atoms with E-state index in [4.69, 9.17) is 11.6 Å². The van der Waals surface area contributed by atoms with Gasteiger partial charge in [0.25, 0.3) is 5.91 Å². The van der Waals surface area contributed by atoms with Crippen molar-refractivity contribution in [1.82, 2.24) is 0 Å². The summed E-state index contributed by atoms with van der Waals surface area (Å²) in [6.45, 7) is 1.74. The summed E-state index contributed by atoms with van der Waals surface area (Å²) in [5.74, 6) is -1.50. The number of rotatable bonds is 4. The Morgan fingerprint density at radius 1 is 1.25 bits per heavy atom. The Labute approximate surface area is 175 Å². The molecule has 0 aliphatic carbocycles. The Hall–Kier alpha value is -2.64. The molecule has 144 valence electrons. The van der Waals surface area contributed by atoms with Gasteiger partial charge in [-0.25, -0.2) is 4.79 Å². The Morgan fingerprint density at radius 2 is 1.96 bits per heavy atom. The number of amides is 1. The van der Waals surface area contributed by atoms with Crippen molar-refractivity contribution in [2.45, 2.75) is 6.92 Å². The first-order valence-electron chi connectivity index (χ1n) is 8.30. The second-order valence-corrected chi connectivity index (χ2v) is 7.70. The van der Waals surface area contributed by atoms with E-state index in [0.29, 0.717) is 17.0 Å². The van der Waals surface area contributed by atoms with Crippen molar-refractivity contribution in [3.8, 4) is 0 Å².